The highest BCUT2D eigenvalue weighted by atomic mass is 32.2. The van der Waals surface area contributed by atoms with E-state index in [1.807, 2.05) is 0 Å². The van der Waals surface area contributed by atoms with Crippen molar-refractivity contribution in [3.05, 3.63) is 29.3 Å². The predicted octanol–water partition coefficient (Wildman–Crippen LogP) is 1.90. The molecule has 4 nitrogen and oxygen atoms in total. The molecule has 2 aliphatic rings. The van der Waals surface area contributed by atoms with E-state index in [0.29, 0.717) is 12.8 Å². The largest absolute Gasteiger partial charge is 0.496 e. The molecule has 0 aliphatic carbocycles. The van der Waals surface area contributed by atoms with Crippen molar-refractivity contribution in [1.82, 2.24) is 0 Å². The fourth-order valence-electron chi connectivity index (χ4n) is 3.53. The van der Waals surface area contributed by atoms with Gasteiger partial charge in [-0.3, -0.25) is 0 Å². The third-order valence-electron chi connectivity index (χ3n) is 4.61. The molecule has 2 saturated heterocycles. The monoisotopic (exact) mass is 318 g/mol. The highest BCUT2D eigenvalue weighted by Gasteiger charge is 2.54. The van der Waals surface area contributed by atoms with Crippen molar-refractivity contribution >= 4 is 9.84 Å². The zero-order chi connectivity index (χ0) is 15.4. The number of aliphatic hydroxyl groups is 1. The average Bonchev–Trinajstić information content (AvgIpc) is 2.61. The Balaban J connectivity index is 2.07. The fourth-order valence-corrected chi connectivity index (χ4v) is 6.02. The summed E-state index contributed by atoms with van der Waals surface area (Å²) in [6.07, 6.45) is 0.989. The molecule has 2 aliphatic heterocycles. The Kier molecular flexibility index (Phi) is 3.25. The molecule has 21 heavy (non-hydrogen) atoms. The second-order valence-corrected chi connectivity index (χ2v) is 8.33. The molecule has 2 fully saturated rings. The number of methoxy groups -OCH3 is 1. The van der Waals surface area contributed by atoms with Crippen LogP contribution in [0, 0.1) is 11.6 Å². The van der Waals surface area contributed by atoms with Gasteiger partial charge in [0.1, 0.15) is 5.75 Å². The first-order valence-corrected chi connectivity index (χ1v) is 8.37. The lowest BCUT2D eigenvalue weighted by atomic mass is 9.85. The Morgan fingerprint density at radius 3 is 2.24 bits per heavy atom. The Bertz CT molecular complexity index is 666. The van der Waals surface area contributed by atoms with Crippen molar-refractivity contribution in [2.24, 2.45) is 0 Å². The van der Waals surface area contributed by atoms with Gasteiger partial charge in [0.15, 0.2) is 21.5 Å². The van der Waals surface area contributed by atoms with Crippen molar-refractivity contribution < 1.29 is 27.0 Å². The van der Waals surface area contributed by atoms with E-state index in [9.17, 15) is 22.3 Å². The summed E-state index contributed by atoms with van der Waals surface area (Å²) in [5.74, 6) is -2.11. The number of fused-ring (bicyclic) bond motifs is 2. The van der Waals surface area contributed by atoms with Crippen LogP contribution in [-0.2, 0) is 15.4 Å². The molecular formula is C14H16F2O4S. The number of sulfone groups is 1. The van der Waals surface area contributed by atoms with E-state index in [1.54, 1.807) is 0 Å². The van der Waals surface area contributed by atoms with Gasteiger partial charge in [-0.25, -0.2) is 17.2 Å². The summed E-state index contributed by atoms with van der Waals surface area (Å²) in [6, 6.07) is 1.79. The maximum Gasteiger partial charge on any atom is 0.162 e. The van der Waals surface area contributed by atoms with Crippen molar-refractivity contribution in [1.29, 1.82) is 0 Å². The van der Waals surface area contributed by atoms with Gasteiger partial charge in [-0.15, -0.1) is 0 Å². The Labute approximate surface area is 121 Å². The highest BCUT2D eigenvalue weighted by Crippen LogP contribution is 2.49. The van der Waals surface area contributed by atoms with Crippen LogP contribution in [0.2, 0.25) is 0 Å². The van der Waals surface area contributed by atoms with Gasteiger partial charge in [0.2, 0.25) is 0 Å². The van der Waals surface area contributed by atoms with Crippen molar-refractivity contribution in [3.8, 4) is 5.75 Å². The molecule has 2 heterocycles. The molecule has 0 spiro atoms. The number of halogens is 2. The van der Waals surface area contributed by atoms with Gasteiger partial charge in [-0.1, -0.05) is 0 Å². The minimum atomic E-state index is -3.21. The van der Waals surface area contributed by atoms with E-state index in [4.69, 9.17) is 4.74 Å². The van der Waals surface area contributed by atoms with Crippen LogP contribution in [0.15, 0.2) is 12.1 Å². The Hall–Kier alpha value is -1.21. The molecule has 2 bridgehead atoms. The van der Waals surface area contributed by atoms with Crippen LogP contribution in [0.3, 0.4) is 0 Å². The van der Waals surface area contributed by atoms with Crippen LogP contribution in [0.1, 0.15) is 31.2 Å². The first kappa shape index (κ1) is 14.7. The molecule has 1 N–H and O–H groups in total. The molecule has 1 aromatic rings. The third-order valence-corrected chi connectivity index (χ3v) is 7.28. The molecule has 0 saturated carbocycles. The number of ether oxygens (including phenoxy) is 1. The van der Waals surface area contributed by atoms with E-state index in [0.717, 1.165) is 12.1 Å². The van der Waals surface area contributed by atoms with Crippen LogP contribution < -0.4 is 4.74 Å². The van der Waals surface area contributed by atoms with Crippen molar-refractivity contribution in [2.75, 3.05) is 7.11 Å². The minimum Gasteiger partial charge on any atom is -0.496 e. The zero-order valence-corrected chi connectivity index (χ0v) is 12.3. The van der Waals surface area contributed by atoms with Gasteiger partial charge >= 0.3 is 0 Å². The summed E-state index contributed by atoms with van der Waals surface area (Å²) in [7, 11) is -1.92. The number of rotatable bonds is 2. The van der Waals surface area contributed by atoms with E-state index in [2.05, 4.69) is 0 Å². The van der Waals surface area contributed by atoms with E-state index in [-0.39, 0.29) is 24.2 Å². The standard InChI is InChI=1S/C14H16F2O4S/c1-20-13-5-12(16)11(15)4-10(13)14(17)6-8-2-3-9(7-14)21(8,18)19/h4-5,8-9,17H,2-3,6-7H2,1H3. The molecule has 7 heteroatoms. The number of benzene rings is 1. The summed E-state index contributed by atoms with van der Waals surface area (Å²) >= 11 is 0. The molecule has 0 radical (unpaired) electrons. The van der Waals surface area contributed by atoms with Crippen molar-refractivity contribution in [2.45, 2.75) is 41.8 Å². The van der Waals surface area contributed by atoms with Gasteiger partial charge in [0, 0.05) is 11.6 Å². The quantitative estimate of drug-likeness (QED) is 0.904. The van der Waals surface area contributed by atoms with Crippen LogP contribution >= 0.6 is 0 Å². The van der Waals surface area contributed by atoms with E-state index < -0.39 is 37.6 Å². The van der Waals surface area contributed by atoms with Gasteiger partial charge < -0.3 is 9.84 Å². The summed E-state index contributed by atoms with van der Waals surface area (Å²) in [6.45, 7) is 0. The molecular weight excluding hydrogens is 302 g/mol. The average molecular weight is 318 g/mol. The lowest BCUT2D eigenvalue weighted by molar-refractivity contribution is 0.0147. The van der Waals surface area contributed by atoms with Crippen LogP contribution in [-0.4, -0.2) is 31.1 Å². The molecule has 3 rings (SSSR count). The third kappa shape index (κ3) is 2.14. The van der Waals surface area contributed by atoms with Gasteiger partial charge in [0.25, 0.3) is 0 Å². The van der Waals surface area contributed by atoms with Crippen LogP contribution in [0.25, 0.3) is 0 Å². The smallest absolute Gasteiger partial charge is 0.162 e. The number of hydrogen-bond acceptors (Lipinski definition) is 4. The van der Waals surface area contributed by atoms with Crippen LogP contribution in [0.4, 0.5) is 8.78 Å². The van der Waals surface area contributed by atoms with E-state index in [1.165, 1.54) is 7.11 Å². The van der Waals surface area contributed by atoms with Gasteiger partial charge in [-0.2, -0.15) is 0 Å². The van der Waals surface area contributed by atoms with Gasteiger partial charge in [-0.05, 0) is 31.7 Å². The van der Waals surface area contributed by atoms with Crippen LogP contribution in [0.5, 0.6) is 5.75 Å². The molecule has 0 amide bonds. The molecule has 0 aromatic heterocycles. The second-order valence-electron chi connectivity index (χ2n) is 5.82. The SMILES string of the molecule is COc1cc(F)c(F)cc1C1(O)CC2CCC(C1)S2(=O)=O. The summed E-state index contributed by atoms with van der Waals surface area (Å²) in [5, 5.41) is 9.60. The maximum absolute atomic E-state index is 13.5. The summed E-state index contributed by atoms with van der Waals surface area (Å²) in [5.41, 5.74) is -1.38. The fraction of sp³-hybridized carbons (Fsp3) is 0.571. The number of hydrogen-bond donors (Lipinski definition) is 1. The molecule has 1 aromatic carbocycles. The maximum atomic E-state index is 13.5. The molecule has 116 valence electrons. The summed E-state index contributed by atoms with van der Waals surface area (Å²) < 4.78 is 56.0. The second kappa shape index (κ2) is 4.64. The topological polar surface area (TPSA) is 63.6 Å². The lowest BCUT2D eigenvalue weighted by Gasteiger charge is -2.37. The Morgan fingerprint density at radius 2 is 1.71 bits per heavy atom. The normalized spacial score (nSPS) is 33.9. The zero-order valence-electron chi connectivity index (χ0n) is 11.5. The van der Waals surface area contributed by atoms with Crippen molar-refractivity contribution in [3.63, 3.8) is 0 Å². The first-order valence-electron chi connectivity index (χ1n) is 6.76. The summed E-state index contributed by atoms with van der Waals surface area (Å²) in [4.78, 5) is 0. The predicted molar refractivity (Wildman–Crippen MR) is 71.8 cm³/mol. The van der Waals surface area contributed by atoms with Gasteiger partial charge in [0.05, 0.1) is 23.2 Å². The molecule has 2 unspecified atom stereocenters. The molecule has 2 atom stereocenters. The Morgan fingerprint density at radius 1 is 1.19 bits per heavy atom. The lowest BCUT2D eigenvalue weighted by Crippen LogP contribution is -2.43. The highest BCUT2D eigenvalue weighted by molar-refractivity contribution is 7.93. The first-order chi connectivity index (χ1) is 9.78. The minimum absolute atomic E-state index is 0.00668. The van der Waals surface area contributed by atoms with E-state index >= 15 is 0 Å².